The molecule has 0 radical (unpaired) electrons. The first kappa shape index (κ1) is 15.5. The van der Waals surface area contributed by atoms with Crippen LogP contribution in [0.1, 0.15) is 11.1 Å². The van der Waals surface area contributed by atoms with Crippen LogP contribution in [0.25, 0.3) is 0 Å². The molecule has 0 bridgehead atoms. The highest BCUT2D eigenvalue weighted by molar-refractivity contribution is 7.92. The van der Waals surface area contributed by atoms with Crippen molar-refractivity contribution in [1.82, 2.24) is 0 Å². The molecule has 6 heteroatoms. The van der Waals surface area contributed by atoms with Gasteiger partial charge in [-0.1, -0.05) is 12.1 Å². The van der Waals surface area contributed by atoms with Crippen molar-refractivity contribution in [3.63, 3.8) is 0 Å². The van der Waals surface area contributed by atoms with Crippen LogP contribution in [0.4, 0.5) is 10.1 Å². The fourth-order valence-corrected chi connectivity index (χ4v) is 2.97. The zero-order valence-electron chi connectivity index (χ0n) is 11.6. The monoisotopic (exact) mass is 308 g/mol. The number of benzene rings is 2. The number of hydrogen-bond acceptors (Lipinski definition) is 3. The number of hydrogen-bond donors (Lipinski definition) is 2. The van der Waals surface area contributed by atoms with Gasteiger partial charge in [0.1, 0.15) is 5.82 Å². The van der Waals surface area contributed by atoms with Gasteiger partial charge >= 0.3 is 0 Å². The van der Waals surface area contributed by atoms with Crippen molar-refractivity contribution >= 4 is 15.7 Å². The number of rotatable bonds is 5. The molecule has 3 N–H and O–H groups in total. The van der Waals surface area contributed by atoms with Crippen LogP contribution < -0.4 is 10.5 Å². The number of nitrogens with one attached hydrogen (secondary N) is 1. The van der Waals surface area contributed by atoms with Crippen molar-refractivity contribution in [2.45, 2.75) is 18.2 Å². The second-order valence-corrected chi connectivity index (χ2v) is 6.43. The Labute approximate surface area is 123 Å². The third kappa shape index (κ3) is 3.80. The Morgan fingerprint density at radius 2 is 1.81 bits per heavy atom. The molecule has 0 saturated heterocycles. The first-order chi connectivity index (χ1) is 9.92. The second kappa shape index (κ2) is 6.24. The SMILES string of the molecule is Cc1cc(NS(=O)(=O)c2ccc(CCN)cc2)ccc1F. The molecule has 0 aromatic heterocycles. The lowest BCUT2D eigenvalue weighted by Gasteiger charge is -2.09. The van der Waals surface area contributed by atoms with Crippen LogP contribution >= 0.6 is 0 Å². The lowest BCUT2D eigenvalue weighted by Crippen LogP contribution is -2.13. The van der Waals surface area contributed by atoms with E-state index in [0.29, 0.717) is 24.2 Å². The lowest BCUT2D eigenvalue weighted by molar-refractivity contribution is 0.600. The van der Waals surface area contributed by atoms with Crippen LogP contribution in [-0.2, 0) is 16.4 Å². The molecule has 2 aromatic rings. The van der Waals surface area contributed by atoms with Crippen LogP contribution in [0.3, 0.4) is 0 Å². The lowest BCUT2D eigenvalue weighted by atomic mass is 10.2. The van der Waals surface area contributed by atoms with Crippen LogP contribution in [0.5, 0.6) is 0 Å². The van der Waals surface area contributed by atoms with Crippen molar-refractivity contribution in [3.8, 4) is 0 Å². The minimum absolute atomic E-state index is 0.158. The van der Waals surface area contributed by atoms with Gasteiger partial charge in [0.2, 0.25) is 0 Å². The normalized spacial score (nSPS) is 11.4. The molecule has 2 aromatic carbocycles. The van der Waals surface area contributed by atoms with Crippen LogP contribution in [0.2, 0.25) is 0 Å². The molecule has 0 spiro atoms. The van der Waals surface area contributed by atoms with E-state index in [2.05, 4.69) is 4.72 Å². The molecule has 21 heavy (non-hydrogen) atoms. The minimum atomic E-state index is -3.68. The quantitative estimate of drug-likeness (QED) is 0.891. The van der Waals surface area contributed by atoms with Crippen molar-refractivity contribution in [1.29, 1.82) is 0 Å². The van der Waals surface area contributed by atoms with Gasteiger partial charge in [-0.15, -0.1) is 0 Å². The number of halogens is 1. The maximum atomic E-state index is 13.2. The fourth-order valence-electron chi connectivity index (χ4n) is 1.92. The minimum Gasteiger partial charge on any atom is -0.330 e. The highest BCUT2D eigenvalue weighted by atomic mass is 32.2. The molecule has 2 rings (SSSR count). The highest BCUT2D eigenvalue weighted by Gasteiger charge is 2.14. The average molecular weight is 308 g/mol. The van der Waals surface area contributed by atoms with Gasteiger partial charge in [0.05, 0.1) is 4.90 Å². The first-order valence-corrected chi connectivity index (χ1v) is 7.98. The molecule has 0 amide bonds. The van der Waals surface area contributed by atoms with Gasteiger partial charge in [-0.25, -0.2) is 12.8 Å². The van der Waals surface area contributed by atoms with Gasteiger partial charge in [0.15, 0.2) is 0 Å². The molecular formula is C15H17FN2O2S. The summed E-state index contributed by atoms with van der Waals surface area (Å²) in [4.78, 5) is 0.158. The van der Waals surface area contributed by atoms with Crippen LogP contribution in [-0.4, -0.2) is 15.0 Å². The van der Waals surface area contributed by atoms with Crippen molar-refractivity contribution in [2.75, 3.05) is 11.3 Å². The van der Waals surface area contributed by atoms with Crippen LogP contribution in [0, 0.1) is 12.7 Å². The maximum Gasteiger partial charge on any atom is 0.261 e. The zero-order chi connectivity index (χ0) is 15.5. The molecule has 4 nitrogen and oxygen atoms in total. The summed E-state index contributed by atoms with van der Waals surface area (Å²) in [5.74, 6) is -0.371. The maximum absolute atomic E-state index is 13.2. The Bertz CT molecular complexity index is 728. The smallest absolute Gasteiger partial charge is 0.261 e. The standard InChI is InChI=1S/C15H17FN2O2S/c1-11-10-13(4-7-15(11)16)18-21(19,20)14-5-2-12(3-6-14)8-9-17/h2-7,10,18H,8-9,17H2,1H3. The summed E-state index contributed by atoms with van der Waals surface area (Å²) in [7, 11) is -3.68. The van der Waals surface area contributed by atoms with Gasteiger partial charge in [-0.05, 0) is 61.3 Å². The summed E-state index contributed by atoms with van der Waals surface area (Å²) in [6.07, 6.45) is 0.699. The van der Waals surface area contributed by atoms with E-state index in [4.69, 9.17) is 5.73 Å². The van der Waals surface area contributed by atoms with Gasteiger partial charge in [-0.3, -0.25) is 4.72 Å². The molecule has 0 aliphatic heterocycles. The number of anilines is 1. The molecule has 112 valence electrons. The first-order valence-electron chi connectivity index (χ1n) is 6.50. The van der Waals surface area contributed by atoms with Gasteiger partial charge in [0.25, 0.3) is 10.0 Å². The molecule has 0 saturated carbocycles. The Hall–Kier alpha value is -1.92. The van der Waals surface area contributed by atoms with Gasteiger partial charge in [0, 0.05) is 5.69 Å². The second-order valence-electron chi connectivity index (χ2n) is 4.75. The van der Waals surface area contributed by atoms with Gasteiger partial charge < -0.3 is 5.73 Å². The van der Waals surface area contributed by atoms with Crippen molar-refractivity contribution in [2.24, 2.45) is 5.73 Å². The summed E-state index contributed by atoms with van der Waals surface area (Å²) < 4.78 is 40.1. The number of aryl methyl sites for hydroxylation is 1. The van der Waals surface area contributed by atoms with E-state index in [0.717, 1.165) is 5.56 Å². The van der Waals surface area contributed by atoms with E-state index >= 15 is 0 Å². The number of nitrogens with two attached hydrogens (primary N) is 1. The Kier molecular flexibility index (Phi) is 4.59. The average Bonchev–Trinajstić information content (AvgIpc) is 2.44. The van der Waals surface area contributed by atoms with E-state index in [-0.39, 0.29) is 10.7 Å². The molecule has 0 aliphatic rings. The topological polar surface area (TPSA) is 72.2 Å². The molecule has 0 aliphatic carbocycles. The highest BCUT2D eigenvalue weighted by Crippen LogP contribution is 2.19. The third-order valence-electron chi connectivity index (χ3n) is 3.08. The summed E-state index contributed by atoms with van der Waals surface area (Å²) in [5, 5.41) is 0. The molecule has 0 atom stereocenters. The zero-order valence-corrected chi connectivity index (χ0v) is 12.5. The molecule has 0 fully saturated rings. The Morgan fingerprint density at radius 3 is 2.38 bits per heavy atom. The van der Waals surface area contributed by atoms with Gasteiger partial charge in [-0.2, -0.15) is 0 Å². The summed E-state index contributed by atoms with van der Waals surface area (Å²) in [6.45, 7) is 2.09. The van der Waals surface area contributed by atoms with E-state index in [1.807, 2.05) is 0 Å². The number of sulfonamides is 1. The molecule has 0 unspecified atom stereocenters. The van der Waals surface area contributed by atoms with Crippen molar-refractivity contribution in [3.05, 3.63) is 59.4 Å². The molecular weight excluding hydrogens is 291 g/mol. The Balaban J connectivity index is 2.23. The predicted molar refractivity (Wildman–Crippen MR) is 81.1 cm³/mol. The molecule has 0 heterocycles. The summed E-state index contributed by atoms with van der Waals surface area (Å²) >= 11 is 0. The van der Waals surface area contributed by atoms with E-state index in [1.165, 1.54) is 30.3 Å². The summed E-state index contributed by atoms with van der Waals surface area (Å²) in [5.41, 5.74) is 7.15. The predicted octanol–water partition coefficient (Wildman–Crippen LogP) is 2.44. The van der Waals surface area contributed by atoms with E-state index in [1.54, 1.807) is 19.1 Å². The van der Waals surface area contributed by atoms with E-state index < -0.39 is 10.0 Å². The Morgan fingerprint density at radius 1 is 1.14 bits per heavy atom. The van der Waals surface area contributed by atoms with Crippen molar-refractivity contribution < 1.29 is 12.8 Å². The summed E-state index contributed by atoms with van der Waals surface area (Å²) in [6, 6.07) is 10.6. The van der Waals surface area contributed by atoms with E-state index in [9.17, 15) is 12.8 Å². The third-order valence-corrected chi connectivity index (χ3v) is 4.47. The van der Waals surface area contributed by atoms with Crippen LogP contribution in [0.15, 0.2) is 47.4 Å². The fraction of sp³-hybridized carbons (Fsp3) is 0.200. The largest absolute Gasteiger partial charge is 0.330 e.